The summed E-state index contributed by atoms with van der Waals surface area (Å²) in [7, 11) is 1.87. The summed E-state index contributed by atoms with van der Waals surface area (Å²) in [5.41, 5.74) is 1.50. The molecular formula is C13H15FN2O. The van der Waals surface area contributed by atoms with Crippen molar-refractivity contribution in [3.63, 3.8) is 0 Å². The van der Waals surface area contributed by atoms with Crippen LogP contribution < -0.4 is 0 Å². The summed E-state index contributed by atoms with van der Waals surface area (Å²) < 4.78 is 15.0. The highest BCUT2D eigenvalue weighted by Gasteiger charge is 2.14. The maximum atomic E-state index is 13.1. The minimum atomic E-state index is -0.730. The fraction of sp³-hybridized carbons (Fsp3) is 0.308. The van der Waals surface area contributed by atoms with Crippen molar-refractivity contribution in [2.75, 3.05) is 0 Å². The van der Waals surface area contributed by atoms with Crippen molar-refractivity contribution in [2.24, 2.45) is 7.05 Å². The van der Waals surface area contributed by atoms with Gasteiger partial charge in [0.05, 0.1) is 6.10 Å². The van der Waals surface area contributed by atoms with Gasteiger partial charge in [-0.2, -0.15) is 0 Å². The average molecular weight is 234 g/mol. The van der Waals surface area contributed by atoms with Crippen LogP contribution in [0.25, 0.3) is 0 Å². The zero-order chi connectivity index (χ0) is 12.4. The molecule has 1 N–H and O–H groups in total. The summed E-state index contributed by atoms with van der Waals surface area (Å²) in [6.45, 7) is 1.86. The van der Waals surface area contributed by atoms with Gasteiger partial charge < -0.3 is 9.67 Å². The van der Waals surface area contributed by atoms with Gasteiger partial charge in [-0.1, -0.05) is 6.07 Å². The van der Waals surface area contributed by atoms with Gasteiger partial charge in [0, 0.05) is 25.9 Å². The topological polar surface area (TPSA) is 38.1 Å². The third kappa shape index (κ3) is 2.53. The Balaban J connectivity index is 2.23. The second-order valence-corrected chi connectivity index (χ2v) is 4.18. The standard InChI is InChI=1S/C13H15FN2O/c1-9-3-4-10(14)7-11(9)12(17)8-13-15-5-6-16(13)2/h3-7,12,17H,8H2,1-2H3. The molecule has 0 radical (unpaired) electrons. The van der Waals surface area contributed by atoms with Crippen molar-refractivity contribution < 1.29 is 9.50 Å². The first-order valence-corrected chi connectivity index (χ1v) is 5.48. The lowest BCUT2D eigenvalue weighted by Crippen LogP contribution is -2.08. The summed E-state index contributed by atoms with van der Waals surface area (Å²) in [6, 6.07) is 4.45. The highest BCUT2D eigenvalue weighted by atomic mass is 19.1. The highest BCUT2D eigenvalue weighted by Crippen LogP contribution is 2.21. The van der Waals surface area contributed by atoms with Gasteiger partial charge in [-0.25, -0.2) is 9.37 Å². The van der Waals surface area contributed by atoms with Gasteiger partial charge in [0.2, 0.25) is 0 Å². The lowest BCUT2D eigenvalue weighted by Gasteiger charge is -2.13. The molecule has 0 aliphatic heterocycles. The first-order chi connectivity index (χ1) is 8.08. The molecule has 1 atom stereocenters. The van der Waals surface area contributed by atoms with Crippen molar-refractivity contribution in [3.8, 4) is 0 Å². The largest absolute Gasteiger partial charge is 0.388 e. The Morgan fingerprint density at radius 3 is 2.88 bits per heavy atom. The molecule has 1 aromatic carbocycles. The third-order valence-corrected chi connectivity index (χ3v) is 2.90. The lowest BCUT2D eigenvalue weighted by atomic mass is 10.0. The van der Waals surface area contributed by atoms with E-state index >= 15 is 0 Å². The number of nitrogens with zero attached hydrogens (tertiary/aromatic N) is 2. The summed E-state index contributed by atoms with van der Waals surface area (Å²) in [6.07, 6.45) is 3.15. The van der Waals surface area contributed by atoms with E-state index in [1.165, 1.54) is 12.1 Å². The number of aliphatic hydroxyl groups excluding tert-OH is 1. The molecule has 2 aromatic rings. The molecule has 1 unspecified atom stereocenters. The van der Waals surface area contributed by atoms with E-state index in [2.05, 4.69) is 4.98 Å². The molecule has 4 heteroatoms. The maximum Gasteiger partial charge on any atom is 0.123 e. The molecule has 90 valence electrons. The molecule has 0 fully saturated rings. The van der Waals surface area contributed by atoms with E-state index in [4.69, 9.17) is 0 Å². The summed E-state index contributed by atoms with van der Waals surface area (Å²) in [5, 5.41) is 10.1. The van der Waals surface area contributed by atoms with Crippen molar-refractivity contribution >= 4 is 0 Å². The van der Waals surface area contributed by atoms with Crippen LogP contribution in [0.15, 0.2) is 30.6 Å². The first-order valence-electron chi connectivity index (χ1n) is 5.48. The van der Waals surface area contributed by atoms with Gasteiger partial charge >= 0.3 is 0 Å². The van der Waals surface area contributed by atoms with Crippen LogP contribution >= 0.6 is 0 Å². The smallest absolute Gasteiger partial charge is 0.123 e. The number of aryl methyl sites for hydroxylation is 2. The zero-order valence-corrected chi connectivity index (χ0v) is 9.89. The Morgan fingerprint density at radius 2 is 2.24 bits per heavy atom. The molecule has 0 saturated carbocycles. The van der Waals surface area contributed by atoms with Gasteiger partial charge in [-0.05, 0) is 30.2 Å². The van der Waals surface area contributed by atoms with Crippen LogP contribution in [0.4, 0.5) is 4.39 Å². The molecule has 1 heterocycles. The second kappa shape index (κ2) is 4.67. The van der Waals surface area contributed by atoms with Crippen LogP contribution in [0.1, 0.15) is 23.1 Å². The first kappa shape index (κ1) is 11.8. The molecule has 1 aromatic heterocycles. The molecule has 0 amide bonds. The van der Waals surface area contributed by atoms with Gasteiger partial charge in [-0.15, -0.1) is 0 Å². The van der Waals surface area contributed by atoms with Crippen LogP contribution in [0.3, 0.4) is 0 Å². The Morgan fingerprint density at radius 1 is 1.47 bits per heavy atom. The average Bonchev–Trinajstić information content (AvgIpc) is 2.68. The van der Waals surface area contributed by atoms with Gasteiger partial charge in [-0.3, -0.25) is 0 Å². The van der Waals surface area contributed by atoms with Crippen molar-refractivity contribution in [1.82, 2.24) is 9.55 Å². The Bertz CT molecular complexity index is 522. The molecular weight excluding hydrogens is 219 g/mol. The van der Waals surface area contributed by atoms with E-state index in [1.54, 1.807) is 12.3 Å². The fourth-order valence-corrected chi connectivity index (χ4v) is 1.85. The van der Waals surface area contributed by atoms with E-state index < -0.39 is 6.10 Å². The van der Waals surface area contributed by atoms with Gasteiger partial charge in [0.1, 0.15) is 11.6 Å². The zero-order valence-electron chi connectivity index (χ0n) is 9.89. The number of benzene rings is 1. The van der Waals surface area contributed by atoms with Gasteiger partial charge in [0.25, 0.3) is 0 Å². The lowest BCUT2D eigenvalue weighted by molar-refractivity contribution is 0.173. The number of rotatable bonds is 3. The Hall–Kier alpha value is -1.68. The number of halogens is 1. The highest BCUT2D eigenvalue weighted by molar-refractivity contribution is 5.29. The quantitative estimate of drug-likeness (QED) is 0.883. The van der Waals surface area contributed by atoms with E-state index in [1.807, 2.05) is 24.7 Å². The van der Waals surface area contributed by atoms with E-state index in [-0.39, 0.29) is 5.82 Å². The SMILES string of the molecule is Cc1ccc(F)cc1C(O)Cc1nccn1C. The number of imidazole rings is 1. The number of aliphatic hydroxyl groups is 1. The minimum absolute atomic E-state index is 0.329. The molecule has 3 nitrogen and oxygen atoms in total. The predicted molar refractivity (Wildman–Crippen MR) is 63.0 cm³/mol. The predicted octanol–water partition coefficient (Wildman–Crippen LogP) is 2.14. The van der Waals surface area contributed by atoms with E-state index in [9.17, 15) is 9.50 Å². The minimum Gasteiger partial charge on any atom is -0.388 e. The summed E-state index contributed by atoms with van der Waals surface area (Å²) in [5.74, 6) is 0.450. The number of hydrogen-bond donors (Lipinski definition) is 1. The number of aromatic nitrogens is 2. The van der Waals surface area contributed by atoms with Crippen LogP contribution in [0, 0.1) is 12.7 Å². The van der Waals surface area contributed by atoms with Gasteiger partial charge in [0.15, 0.2) is 0 Å². The molecule has 0 saturated heterocycles. The Kier molecular flexibility index (Phi) is 3.24. The second-order valence-electron chi connectivity index (χ2n) is 4.18. The Labute approximate surface area is 99.5 Å². The molecule has 0 bridgehead atoms. The summed E-state index contributed by atoms with van der Waals surface area (Å²) >= 11 is 0. The van der Waals surface area contributed by atoms with Crippen LogP contribution in [0.5, 0.6) is 0 Å². The monoisotopic (exact) mass is 234 g/mol. The molecule has 0 spiro atoms. The molecule has 17 heavy (non-hydrogen) atoms. The van der Waals surface area contributed by atoms with E-state index in [0.29, 0.717) is 12.0 Å². The molecule has 2 rings (SSSR count). The van der Waals surface area contributed by atoms with Crippen LogP contribution in [-0.2, 0) is 13.5 Å². The van der Waals surface area contributed by atoms with E-state index in [0.717, 1.165) is 11.4 Å². The van der Waals surface area contributed by atoms with Crippen LogP contribution in [0.2, 0.25) is 0 Å². The molecule has 0 aliphatic carbocycles. The number of hydrogen-bond acceptors (Lipinski definition) is 2. The van der Waals surface area contributed by atoms with Crippen molar-refractivity contribution in [3.05, 3.63) is 53.4 Å². The molecule has 0 aliphatic rings. The summed E-state index contributed by atoms with van der Waals surface area (Å²) in [4.78, 5) is 4.14. The third-order valence-electron chi connectivity index (χ3n) is 2.90. The van der Waals surface area contributed by atoms with Crippen molar-refractivity contribution in [1.29, 1.82) is 0 Å². The normalized spacial score (nSPS) is 12.7. The fourth-order valence-electron chi connectivity index (χ4n) is 1.85. The van der Waals surface area contributed by atoms with Crippen molar-refractivity contribution in [2.45, 2.75) is 19.4 Å². The van der Waals surface area contributed by atoms with Crippen LogP contribution in [-0.4, -0.2) is 14.7 Å². The maximum absolute atomic E-state index is 13.1.